The molecule has 1 aliphatic rings. The van der Waals surface area contributed by atoms with Crippen LogP contribution < -0.4 is 9.64 Å². The number of hydrogen-bond donors (Lipinski definition) is 0. The van der Waals surface area contributed by atoms with Gasteiger partial charge in [0.25, 0.3) is 0 Å². The molecule has 1 saturated heterocycles. The molecule has 2 aromatic heterocycles. The highest BCUT2D eigenvalue weighted by molar-refractivity contribution is 6.31. The minimum atomic E-state index is 0.0863. The Bertz CT molecular complexity index is 841. The van der Waals surface area contributed by atoms with Crippen molar-refractivity contribution in [3.63, 3.8) is 0 Å². The van der Waals surface area contributed by atoms with Crippen LogP contribution in [-0.4, -0.2) is 34.1 Å². The van der Waals surface area contributed by atoms with Crippen molar-refractivity contribution < 1.29 is 4.74 Å². The van der Waals surface area contributed by atoms with Crippen molar-refractivity contribution >= 4 is 28.5 Å². The zero-order valence-electron chi connectivity index (χ0n) is 12.4. The molecule has 0 spiro atoms. The normalized spacial score (nSPS) is 17.6. The van der Waals surface area contributed by atoms with Crippen molar-refractivity contribution in [2.24, 2.45) is 0 Å². The molecule has 6 heteroatoms. The maximum Gasteiger partial charge on any atom is 0.147 e. The fraction of sp³-hybridized carbons (Fsp3) is 0.235. The van der Waals surface area contributed by atoms with E-state index in [0.29, 0.717) is 10.8 Å². The number of halogens is 1. The van der Waals surface area contributed by atoms with Crippen molar-refractivity contribution in [3.05, 3.63) is 53.9 Å². The van der Waals surface area contributed by atoms with Crippen LogP contribution in [0.15, 0.2) is 48.9 Å². The van der Waals surface area contributed by atoms with Gasteiger partial charge >= 0.3 is 0 Å². The molecule has 0 saturated carbocycles. The second-order valence-electron chi connectivity index (χ2n) is 5.50. The van der Waals surface area contributed by atoms with Gasteiger partial charge in [-0.1, -0.05) is 23.7 Å². The van der Waals surface area contributed by atoms with E-state index in [1.165, 1.54) is 0 Å². The predicted molar refractivity (Wildman–Crippen MR) is 90.0 cm³/mol. The summed E-state index contributed by atoms with van der Waals surface area (Å²) in [7, 11) is 0. The number of pyridine rings is 1. The molecule has 1 aliphatic heterocycles. The standard InChI is InChI=1S/C17H15ClN4O/c18-13-9-19-7-5-16(13)23-12-6-8-22(11-12)17-10-20-14-3-1-2-4-15(14)21-17/h1-5,7,9-10,12H,6,8,11H2. The molecule has 3 heterocycles. The molecule has 5 nitrogen and oxygen atoms in total. The molecule has 0 bridgehead atoms. The molecule has 0 amide bonds. The number of fused-ring (bicyclic) bond motifs is 1. The minimum Gasteiger partial charge on any atom is -0.487 e. The number of benzene rings is 1. The lowest BCUT2D eigenvalue weighted by Crippen LogP contribution is -2.25. The van der Waals surface area contributed by atoms with E-state index in [1.807, 2.05) is 30.5 Å². The van der Waals surface area contributed by atoms with E-state index in [4.69, 9.17) is 16.3 Å². The van der Waals surface area contributed by atoms with Gasteiger partial charge in [0.2, 0.25) is 0 Å². The largest absolute Gasteiger partial charge is 0.487 e. The molecule has 3 aromatic rings. The van der Waals surface area contributed by atoms with Crippen molar-refractivity contribution in [2.75, 3.05) is 18.0 Å². The molecule has 116 valence electrons. The highest BCUT2D eigenvalue weighted by atomic mass is 35.5. The second-order valence-corrected chi connectivity index (χ2v) is 5.90. The number of rotatable bonds is 3. The monoisotopic (exact) mass is 326 g/mol. The Balaban J connectivity index is 1.50. The van der Waals surface area contributed by atoms with Gasteiger partial charge in [-0.3, -0.25) is 9.97 Å². The maximum atomic E-state index is 6.10. The lowest BCUT2D eigenvalue weighted by atomic mass is 10.3. The average molecular weight is 327 g/mol. The summed E-state index contributed by atoms with van der Waals surface area (Å²) < 4.78 is 5.98. The first-order valence-corrected chi connectivity index (χ1v) is 7.90. The van der Waals surface area contributed by atoms with Crippen LogP contribution in [0, 0.1) is 0 Å². The quantitative estimate of drug-likeness (QED) is 0.739. The van der Waals surface area contributed by atoms with Gasteiger partial charge in [-0.2, -0.15) is 0 Å². The zero-order chi connectivity index (χ0) is 15.6. The lowest BCUT2D eigenvalue weighted by Gasteiger charge is -2.18. The number of ether oxygens (including phenoxy) is 1. The summed E-state index contributed by atoms with van der Waals surface area (Å²) in [6.45, 7) is 1.66. The van der Waals surface area contributed by atoms with Gasteiger partial charge in [0.1, 0.15) is 22.7 Å². The maximum absolute atomic E-state index is 6.10. The summed E-state index contributed by atoms with van der Waals surface area (Å²) >= 11 is 6.10. The smallest absolute Gasteiger partial charge is 0.147 e. The van der Waals surface area contributed by atoms with Gasteiger partial charge in [-0.25, -0.2) is 4.98 Å². The fourth-order valence-corrected chi connectivity index (χ4v) is 2.93. The molecule has 1 fully saturated rings. The molecule has 1 unspecified atom stereocenters. The third kappa shape index (κ3) is 2.92. The molecular weight excluding hydrogens is 312 g/mol. The van der Waals surface area contributed by atoms with Crippen molar-refractivity contribution in [2.45, 2.75) is 12.5 Å². The van der Waals surface area contributed by atoms with Crippen LogP contribution in [0.3, 0.4) is 0 Å². The topological polar surface area (TPSA) is 51.1 Å². The first kappa shape index (κ1) is 14.2. The van der Waals surface area contributed by atoms with Crippen LogP contribution in [0.25, 0.3) is 11.0 Å². The Kier molecular flexibility index (Phi) is 3.71. The summed E-state index contributed by atoms with van der Waals surface area (Å²) in [5.41, 5.74) is 1.82. The van der Waals surface area contributed by atoms with E-state index in [2.05, 4.69) is 19.9 Å². The summed E-state index contributed by atoms with van der Waals surface area (Å²) in [6.07, 6.45) is 6.11. The van der Waals surface area contributed by atoms with E-state index >= 15 is 0 Å². The lowest BCUT2D eigenvalue weighted by molar-refractivity contribution is 0.225. The Hall–Kier alpha value is -2.40. The zero-order valence-corrected chi connectivity index (χ0v) is 13.1. The second kappa shape index (κ2) is 6.01. The number of para-hydroxylation sites is 2. The van der Waals surface area contributed by atoms with Crippen LogP contribution in [0.4, 0.5) is 5.82 Å². The van der Waals surface area contributed by atoms with E-state index in [1.54, 1.807) is 18.5 Å². The average Bonchev–Trinajstić information content (AvgIpc) is 3.05. The van der Waals surface area contributed by atoms with Crippen LogP contribution in [0.1, 0.15) is 6.42 Å². The van der Waals surface area contributed by atoms with E-state index in [0.717, 1.165) is 36.4 Å². The first-order chi connectivity index (χ1) is 11.3. The van der Waals surface area contributed by atoms with Crippen molar-refractivity contribution in [3.8, 4) is 5.75 Å². The number of hydrogen-bond acceptors (Lipinski definition) is 5. The summed E-state index contributed by atoms with van der Waals surface area (Å²) in [4.78, 5) is 15.3. The Morgan fingerprint density at radius 1 is 1.13 bits per heavy atom. The Morgan fingerprint density at radius 2 is 2.00 bits per heavy atom. The highest BCUT2D eigenvalue weighted by Crippen LogP contribution is 2.27. The molecule has 4 rings (SSSR count). The van der Waals surface area contributed by atoms with E-state index < -0.39 is 0 Å². The molecule has 1 atom stereocenters. The minimum absolute atomic E-state index is 0.0863. The summed E-state index contributed by atoms with van der Waals surface area (Å²) in [5, 5.41) is 0.538. The molecule has 0 aliphatic carbocycles. The molecule has 0 radical (unpaired) electrons. The van der Waals surface area contributed by atoms with Crippen LogP contribution in [0.5, 0.6) is 5.75 Å². The Labute approximate surface area is 138 Å². The SMILES string of the molecule is Clc1cnccc1OC1CCN(c2cnc3ccccc3n2)C1. The van der Waals surface area contributed by atoms with E-state index in [-0.39, 0.29) is 6.10 Å². The first-order valence-electron chi connectivity index (χ1n) is 7.52. The van der Waals surface area contributed by atoms with E-state index in [9.17, 15) is 0 Å². The molecule has 23 heavy (non-hydrogen) atoms. The number of aromatic nitrogens is 3. The van der Waals surface area contributed by atoms with Gasteiger partial charge in [-0.15, -0.1) is 0 Å². The van der Waals surface area contributed by atoms with Gasteiger partial charge in [-0.05, 0) is 12.1 Å². The fourth-order valence-electron chi connectivity index (χ4n) is 2.77. The Morgan fingerprint density at radius 3 is 2.87 bits per heavy atom. The van der Waals surface area contributed by atoms with Crippen LogP contribution in [0.2, 0.25) is 5.02 Å². The van der Waals surface area contributed by atoms with Gasteiger partial charge in [0, 0.05) is 31.4 Å². The third-order valence-corrected chi connectivity index (χ3v) is 4.22. The van der Waals surface area contributed by atoms with Crippen molar-refractivity contribution in [1.29, 1.82) is 0 Å². The number of anilines is 1. The van der Waals surface area contributed by atoms with Gasteiger partial charge < -0.3 is 9.64 Å². The van der Waals surface area contributed by atoms with Crippen LogP contribution >= 0.6 is 11.6 Å². The molecule has 0 N–H and O–H groups in total. The van der Waals surface area contributed by atoms with Gasteiger partial charge in [0.15, 0.2) is 0 Å². The van der Waals surface area contributed by atoms with Crippen molar-refractivity contribution in [1.82, 2.24) is 15.0 Å². The predicted octanol–water partition coefficient (Wildman–Crippen LogP) is 3.34. The molecule has 1 aromatic carbocycles. The summed E-state index contributed by atoms with van der Waals surface area (Å²) in [5.74, 6) is 1.56. The summed E-state index contributed by atoms with van der Waals surface area (Å²) in [6, 6.07) is 9.68. The highest BCUT2D eigenvalue weighted by Gasteiger charge is 2.26. The third-order valence-electron chi connectivity index (χ3n) is 3.93. The number of nitrogens with zero attached hydrogens (tertiary/aromatic N) is 4. The molecular formula is C17H15ClN4O. The van der Waals surface area contributed by atoms with Crippen LogP contribution in [-0.2, 0) is 0 Å². The van der Waals surface area contributed by atoms with Gasteiger partial charge in [0.05, 0.1) is 23.8 Å².